The van der Waals surface area contributed by atoms with E-state index >= 15 is 0 Å². The molecule has 1 aromatic rings. The molecule has 0 saturated carbocycles. The molecule has 3 nitrogen and oxygen atoms in total. The van der Waals surface area contributed by atoms with Crippen LogP contribution in [0.4, 0.5) is 0 Å². The molecule has 0 fully saturated rings. The van der Waals surface area contributed by atoms with Gasteiger partial charge in [0, 0.05) is 10.9 Å². The van der Waals surface area contributed by atoms with Crippen LogP contribution in [0.5, 0.6) is 5.75 Å². The second-order valence-electron chi connectivity index (χ2n) is 4.39. The molecule has 4 heteroatoms. The fourth-order valence-corrected chi connectivity index (χ4v) is 1.76. The van der Waals surface area contributed by atoms with Gasteiger partial charge in [0.15, 0.2) is 0 Å². The summed E-state index contributed by atoms with van der Waals surface area (Å²) in [4.78, 5) is 11.8. The lowest BCUT2D eigenvalue weighted by Gasteiger charge is -2.23. The predicted molar refractivity (Wildman–Crippen MR) is 79.2 cm³/mol. The van der Waals surface area contributed by atoms with E-state index in [0.29, 0.717) is 19.6 Å². The first-order valence-electron chi connectivity index (χ1n) is 6.21. The lowest BCUT2D eigenvalue weighted by molar-refractivity contribution is -0.152. The normalized spacial score (nSPS) is 13.4. The third kappa shape index (κ3) is 4.71. The Bertz CT molecular complexity index is 428. The summed E-state index contributed by atoms with van der Waals surface area (Å²) in [6.45, 7) is 8.12. The summed E-state index contributed by atoms with van der Waals surface area (Å²) in [6.07, 6.45) is 2.15. The van der Waals surface area contributed by atoms with E-state index in [1.165, 1.54) is 0 Å². The maximum absolute atomic E-state index is 11.8. The maximum Gasteiger partial charge on any atom is 0.315 e. The van der Waals surface area contributed by atoms with E-state index in [2.05, 4.69) is 22.5 Å². The van der Waals surface area contributed by atoms with Crippen molar-refractivity contribution in [3.05, 3.63) is 41.4 Å². The highest BCUT2D eigenvalue weighted by Gasteiger charge is 2.31. The van der Waals surface area contributed by atoms with Crippen LogP contribution in [0.2, 0.25) is 0 Å². The van der Waals surface area contributed by atoms with Crippen LogP contribution in [-0.2, 0) is 9.53 Å². The van der Waals surface area contributed by atoms with Crippen molar-refractivity contribution in [2.75, 3.05) is 13.2 Å². The number of benzene rings is 1. The van der Waals surface area contributed by atoms with Gasteiger partial charge in [-0.3, -0.25) is 4.79 Å². The van der Waals surface area contributed by atoms with Crippen molar-refractivity contribution >= 4 is 21.9 Å². The standard InChI is InChI=1S/C15H19BrO3/c1-4-15(3,14(17)18-5-2)10-11-19-13-8-6-12(16)7-9-13/h4,6-9H,1,5,10-11H2,2-3H3. The van der Waals surface area contributed by atoms with Gasteiger partial charge in [0.05, 0.1) is 18.6 Å². The molecule has 1 unspecified atom stereocenters. The van der Waals surface area contributed by atoms with Crippen molar-refractivity contribution in [2.45, 2.75) is 20.3 Å². The Hall–Kier alpha value is -1.29. The van der Waals surface area contributed by atoms with Crippen molar-refractivity contribution in [2.24, 2.45) is 5.41 Å². The van der Waals surface area contributed by atoms with Crippen molar-refractivity contribution in [1.82, 2.24) is 0 Å². The van der Waals surface area contributed by atoms with Gasteiger partial charge in [-0.1, -0.05) is 22.0 Å². The van der Waals surface area contributed by atoms with E-state index in [1.54, 1.807) is 13.0 Å². The molecule has 0 radical (unpaired) electrons. The molecule has 19 heavy (non-hydrogen) atoms. The Balaban J connectivity index is 2.51. The van der Waals surface area contributed by atoms with Gasteiger partial charge in [-0.2, -0.15) is 0 Å². The molecule has 1 aromatic carbocycles. The number of halogens is 1. The van der Waals surface area contributed by atoms with E-state index in [4.69, 9.17) is 9.47 Å². The third-order valence-electron chi connectivity index (χ3n) is 2.90. The van der Waals surface area contributed by atoms with Crippen LogP contribution in [0, 0.1) is 5.41 Å². The highest BCUT2D eigenvalue weighted by molar-refractivity contribution is 9.10. The van der Waals surface area contributed by atoms with Crippen LogP contribution in [-0.4, -0.2) is 19.2 Å². The Morgan fingerprint density at radius 2 is 2.05 bits per heavy atom. The van der Waals surface area contributed by atoms with E-state index in [-0.39, 0.29) is 5.97 Å². The van der Waals surface area contributed by atoms with Crippen molar-refractivity contribution < 1.29 is 14.3 Å². The van der Waals surface area contributed by atoms with Gasteiger partial charge in [-0.05, 0) is 38.1 Å². The minimum atomic E-state index is -0.703. The van der Waals surface area contributed by atoms with Gasteiger partial charge in [0.25, 0.3) is 0 Å². The topological polar surface area (TPSA) is 35.5 Å². The molecule has 0 aromatic heterocycles. The molecule has 0 saturated heterocycles. The maximum atomic E-state index is 11.8. The van der Waals surface area contributed by atoms with E-state index in [0.717, 1.165) is 10.2 Å². The van der Waals surface area contributed by atoms with Crippen molar-refractivity contribution in [1.29, 1.82) is 0 Å². The minimum absolute atomic E-state index is 0.260. The van der Waals surface area contributed by atoms with Crippen LogP contribution >= 0.6 is 15.9 Å². The second-order valence-corrected chi connectivity index (χ2v) is 5.31. The second kappa shape index (κ2) is 7.34. The molecular formula is C15H19BrO3. The van der Waals surface area contributed by atoms with Gasteiger partial charge in [-0.15, -0.1) is 6.58 Å². The summed E-state index contributed by atoms with van der Waals surface area (Å²) < 4.78 is 11.7. The fourth-order valence-electron chi connectivity index (χ4n) is 1.50. The highest BCUT2D eigenvalue weighted by Crippen LogP contribution is 2.25. The van der Waals surface area contributed by atoms with Crippen LogP contribution in [0.3, 0.4) is 0 Å². The lowest BCUT2D eigenvalue weighted by atomic mass is 9.87. The van der Waals surface area contributed by atoms with Crippen LogP contribution in [0.25, 0.3) is 0 Å². The Morgan fingerprint density at radius 1 is 1.42 bits per heavy atom. The summed E-state index contributed by atoms with van der Waals surface area (Å²) in [5.74, 6) is 0.517. The highest BCUT2D eigenvalue weighted by atomic mass is 79.9. The molecule has 104 valence electrons. The molecule has 0 heterocycles. The average molecular weight is 327 g/mol. The lowest BCUT2D eigenvalue weighted by Crippen LogP contribution is -2.29. The number of esters is 1. The van der Waals surface area contributed by atoms with Crippen molar-refractivity contribution in [3.63, 3.8) is 0 Å². The molecule has 0 aliphatic rings. The van der Waals surface area contributed by atoms with Gasteiger partial charge in [0.2, 0.25) is 0 Å². The average Bonchev–Trinajstić information content (AvgIpc) is 2.41. The van der Waals surface area contributed by atoms with Crippen molar-refractivity contribution in [3.8, 4) is 5.75 Å². The molecule has 1 rings (SSSR count). The smallest absolute Gasteiger partial charge is 0.315 e. The molecule has 1 atom stereocenters. The largest absolute Gasteiger partial charge is 0.494 e. The van der Waals surface area contributed by atoms with Gasteiger partial charge >= 0.3 is 5.97 Å². The number of carbonyl (C=O) groups excluding carboxylic acids is 1. The first-order chi connectivity index (χ1) is 9.01. The van der Waals surface area contributed by atoms with Crippen LogP contribution in [0.15, 0.2) is 41.4 Å². The zero-order chi connectivity index (χ0) is 14.3. The van der Waals surface area contributed by atoms with E-state index < -0.39 is 5.41 Å². The first-order valence-corrected chi connectivity index (χ1v) is 7.00. The summed E-state index contributed by atoms with van der Waals surface area (Å²) in [5, 5.41) is 0. The van der Waals surface area contributed by atoms with Gasteiger partial charge in [0.1, 0.15) is 5.75 Å². The zero-order valence-electron chi connectivity index (χ0n) is 11.3. The summed E-state index contributed by atoms with van der Waals surface area (Å²) in [7, 11) is 0. The minimum Gasteiger partial charge on any atom is -0.494 e. The van der Waals surface area contributed by atoms with Gasteiger partial charge in [-0.25, -0.2) is 0 Å². The van der Waals surface area contributed by atoms with E-state index in [9.17, 15) is 4.79 Å². The van der Waals surface area contributed by atoms with Crippen LogP contribution < -0.4 is 4.74 Å². The zero-order valence-corrected chi connectivity index (χ0v) is 12.9. The number of ether oxygens (including phenoxy) is 2. The van der Waals surface area contributed by atoms with E-state index in [1.807, 2.05) is 31.2 Å². The molecular weight excluding hydrogens is 308 g/mol. The monoisotopic (exact) mass is 326 g/mol. The molecule has 0 N–H and O–H groups in total. The molecule has 0 spiro atoms. The first kappa shape index (κ1) is 15.8. The van der Waals surface area contributed by atoms with Crippen LogP contribution in [0.1, 0.15) is 20.3 Å². The predicted octanol–water partition coefficient (Wildman–Crippen LogP) is 3.97. The Morgan fingerprint density at radius 3 is 2.58 bits per heavy atom. The third-order valence-corrected chi connectivity index (χ3v) is 3.42. The molecule has 0 bridgehead atoms. The van der Waals surface area contributed by atoms with Gasteiger partial charge < -0.3 is 9.47 Å². The molecule has 0 aliphatic carbocycles. The summed E-state index contributed by atoms with van der Waals surface area (Å²) >= 11 is 3.36. The quantitative estimate of drug-likeness (QED) is 0.561. The number of rotatable bonds is 7. The summed E-state index contributed by atoms with van der Waals surface area (Å²) in [5.41, 5.74) is -0.703. The Kier molecular flexibility index (Phi) is 6.09. The number of hydrogen-bond donors (Lipinski definition) is 0. The fraction of sp³-hybridized carbons (Fsp3) is 0.400. The Labute approximate surface area is 122 Å². The number of hydrogen-bond acceptors (Lipinski definition) is 3. The SMILES string of the molecule is C=CC(C)(CCOc1ccc(Br)cc1)C(=O)OCC. The molecule has 0 aliphatic heterocycles. The number of carbonyl (C=O) groups is 1. The molecule has 0 amide bonds. The summed E-state index contributed by atoms with van der Waals surface area (Å²) in [6, 6.07) is 7.57.